The Hall–Kier alpha value is -2.67. The Balaban J connectivity index is 1.74. The number of carboxylic acid groups (broad SMARTS) is 1. The number of thiophene rings is 1. The van der Waals surface area contributed by atoms with E-state index >= 15 is 0 Å². The molecule has 2 heterocycles. The third-order valence-electron chi connectivity index (χ3n) is 3.86. The van der Waals surface area contributed by atoms with Crippen LogP contribution in [0.5, 0.6) is 0 Å². The highest BCUT2D eigenvalue weighted by molar-refractivity contribution is 7.20. The monoisotopic (exact) mass is 357 g/mol. The van der Waals surface area contributed by atoms with Gasteiger partial charge >= 0.3 is 5.97 Å². The summed E-state index contributed by atoms with van der Waals surface area (Å²) >= 11 is 1.41. The average Bonchev–Trinajstić information content (AvgIpc) is 3.14. The van der Waals surface area contributed by atoms with Gasteiger partial charge in [-0.3, -0.25) is 14.3 Å². The zero-order valence-electron chi connectivity index (χ0n) is 13.9. The minimum Gasteiger partial charge on any atom is -0.481 e. The minimum absolute atomic E-state index is 0.0534. The van der Waals surface area contributed by atoms with Gasteiger partial charge in [0.25, 0.3) is 5.91 Å². The molecule has 1 aromatic carbocycles. The number of fused-ring (bicyclic) bond motifs is 1. The highest BCUT2D eigenvalue weighted by Crippen LogP contribution is 2.28. The second kappa shape index (κ2) is 7.48. The number of hydrogen-bond acceptors (Lipinski definition) is 4. The van der Waals surface area contributed by atoms with E-state index in [0.29, 0.717) is 24.4 Å². The topological polar surface area (TPSA) is 84.2 Å². The fraction of sp³-hybridized carbons (Fsp3) is 0.278. The van der Waals surface area contributed by atoms with E-state index in [-0.39, 0.29) is 12.3 Å². The SMILES string of the molecule is Cc1nn(Cc2ccccc2)c2sc(C(=O)NCCCC(=O)O)cc12. The summed E-state index contributed by atoms with van der Waals surface area (Å²) in [6, 6.07) is 11.9. The molecule has 3 aromatic rings. The summed E-state index contributed by atoms with van der Waals surface area (Å²) < 4.78 is 1.92. The van der Waals surface area contributed by atoms with Crippen molar-refractivity contribution in [1.29, 1.82) is 0 Å². The van der Waals surface area contributed by atoms with Gasteiger partial charge in [0.1, 0.15) is 4.83 Å². The van der Waals surface area contributed by atoms with Gasteiger partial charge in [-0.15, -0.1) is 11.3 Å². The molecule has 0 unspecified atom stereocenters. The predicted molar refractivity (Wildman–Crippen MR) is 97.1 cm³/mol. The first kappa shape index (κ1) is 17.2. The molecule has 0 saturated carbocycles. The predicted octanol–water partition coefficient (Wildman–Crippen LogP) is 3.05. The molecule has 3 rings (SSSR count). The molecule has 25 heavy (non-hydrogen) atoms. The maximum absolute atomic E-state index is 12.3. The van der Waals surface area contributed by atoms with E-state index in [2.05, 4.69) is 10.4 Å². The Morgan fingerprint density at radius 3 is 2.76 bits per heavy atom. The normalized spacial score (nSPS) is 10.9. The van der Waals surface area contributed by atoms with Crippen LogP contribution in [0.3, 0.4) is 0 Å². The average molecular weight is 357 g/mol. The lowest BCUT2D eigenvalue weighted by molar-refractivity contribution is -0.137. The van der Waals surface area contributed by atoms with Crippen LogP contribution >= 0.6 is 11.3 Å². The van der Waals surface area contributed by atoms with Crippen LogP contribution in [0.25, 0.3) is 10.2 Å². The molecule has 130 valence electrons. The first-order valence-electron chi connectivity index (χ1n) is 8.05. The van der Waals surface area contributed by atoms with Crippen molar-refractivity contribution in [3.05, 3.63) is 52.5 Å². The van der Waals surface area contributed by atoms with E-state index in [4.69, 9.17) is 5.11 Å². The van der Waals surface area contributed by atoms with Gasteiger partial charge in [-0.25, -0.2) is 0 Å². The van der Waals surface area contributed by atoms with Crippen molar-refractivity contribution in [1.82, 2.24) is 15.1 Å². The number of carbonyl (C=O) groups excluding carboxylic acids is 1. The van der Waals surface area contributed by atoms with E-state index < -0.39 is 5.97 Å². The van der Waals surface area contributed by atoms with Gasteiger partial charge in [0, 0.05) is 18.4 Å². The van der Waals surface area contributed by atoms with E-state index in [1.165, 1.54) is 11.3 Å². The van der Waals surface area contributed by atoms with Crippen LogP contribution < -0.4 is 5.32 Å². The smallest absolute Gasteiger partial charge is 0.303 e. The number of aliphatic carboxylic acids is 1. The molecule has 0 radical (unpaired) electrons. The van der Waals surface area contributed by atoms with Gasteiger partial charge in [0.05, 0.1) is 17.1 Å². The van der Waals surface area contributed by atoms with Crippen molar-refractivity contribution in [3.8, 4) is 0 Å². The van der Waals surface area contributed by atoms with Crippen molar-refractivity contribution >= 4 is 33.4 Å². The molecule has 0 spiro atoms. The Bertz CT molecular complexity index is 899. The van der Waals surface area contributed by atoms with Crippen LogP contribution in [0.2, 0.25) is 0 Å². The summed E-state index contributed by atoms with van der Waals surface area (Å²) in [5, 5.41) is 17.0. The first-order valence-corrected chi connectivity index (χ1v) is 8.87. The molecule has 6 nitrogen and oxygen atoms in total. The van der Waals surface area contributed by atoms with E-state index in [1.54, 1.807) is 0 Å². The van der Waals surface area contributed by atoms with Gasteiger partial charge in [0.15, 0.2) is 0 Å². The molecule has 0 fully saturated rings. The molecule has 7 heteroatoms. The molecular formula is C18H19N3O3S. The molecule has 0 bridgehead atoms. The van der Waals surface area contributed by atoms with E-state index in [1.807, 2.05) is 48.0 Å². The Morgan fingerprint density at radius 1 is 1.28 bits per heavy atom. The van der Waals surface area contributed by atoms with E-state index in [9.17, 15) is 9.59 Å². The van der Waals surface area contributed by atoms with Crippen LogP contribution in [0.15, 0.2) is 36.4 Å². The molecule has 0 aliphatic carbocycles. The molecule has 0 atom stereocenters. The fourth-order valence-electron chi connectivity index (χ4n) is 2.62. The van der Waals surface area contributed by atoms with Crippen LogP contribution in [0.1, 0.15) is 33.8 Å². The number of aryl methyl sites for hydroxylation is 1. The van der Waals surface area contributed by atoms with Gasteiger partial charge in [-0.2, -0.15) is 5.10 Å². The van der Waals surface area contributed by atoms with Crippen LogP contribution in [0.4, 0.5) is 0 Å². The number of aromatic nitrogens is 2. The highest BCUT2D eigenvalue weighted by Gasteiger charge is 2.16. The number of rotatable bonds is 7. The number of hydrogen-bond donors (Lipinski definition) is 2. The van der Waals surface area contributed by atoms with Crippen molar-refractivity contribution in [2.75, 3.05) is 6.54 Å². The molecule has 0 aliphatic rings. The molecule has 1 amide bonds. The number of carboxylic acids is 1. The van der Waals surface area contributed by atoms with Crippen LogP contribution in [-0.2, 0) is 11.3 Å². The molecule has 0 aliphatic heterocycles. The van der Waals surface area contributed by atoms with Crippen molar-refractivity contribution in [2.45, 2.75) is 26.3 Å². The third kappa shape index (κ3) is 4.06. The zero-order chi connectivity index (χ0) is 17.8. The van der Waals surface area contributed by atoms with Gasteiger partial charge in [-0.1, -0.05) is 30.3 Å². The number of amides is 1. The molecular weight excluding hydrogens is 338 g/mol. The minimum atomic E-state index is -0.854. The Labute approximate surface area is 149 Å². The summed E-state index contributed by atoms with van der Waals surface area (Å²) in [6.45, 7) is 2.95. The maximum Gasteiger partial charge on any atom is 0.303 e. The quantitative estimate of drug-likeness (QED) is 0.637. The van der Waals surface area contributed by atoms with Crippen LogP contribution in [0, 0.1) is 6.92 Å². The van der Waals surface area contributed by atoms with Gasteiger partial charge in [-0.05, 0) is 25.0 Å². The molecule has 0 saturated heterocycles. The summed E-state index contributed by atoms with van der Waals surface area (Å²) in [5.74, 6) is -1.02. The number of benzene rings is 1. The summed E-state index contributed by atoms with van der Waals surface area (Å²) in [7, 11) is 0. The standard InChI is InChI=1S/C18H19N3O3S/c1-12-14-10-15(17(24)19-9-5-8-16(22)23)25-18(14)21(20-12)11-13-6-3-2-4-7-13/h2-4,6-7,10H,5,8-9,11H2,1H3,(H,19,24)(H,22,23). The van der Waals surface area contributed by atoms with Crippen molar-refractivity contribution < 1.29 is 14.7 Å². The second-order valence-electron chi connectivity index (χ2n) is 5.81. The summed E-state index contributed by atoms with van der Waals surface area (Å²) in [4.78, 5) is 24.3. The van der Waals surface area contributed by atoms with E-state index in [0.717, 1.165) is 21.5 Å². The summed E-state index contributed by atoms with van der Waals surface area (Å²) in [6.07, 6.45) is 0.477. The van der Waals surface area contributed by atoms with Crippen molar-refractivity contribution in [3.63, 3.8) is 0 Å². The Morgan fingerprint density at radius 2 is 2.04 bits per heavy atom. The Kier molecular flexibility index (Phi) is 5.14. The largest absolute Gasteiger partial charge is 0.481 e. The van der Waals surface area contributed by atoms with Gasteiger partial charge < -0.3 is 10.4 Å². The number of nitrogens with one attached hydrogen (secondary N) is 1. The third-order valence-corrected chi connectivity index (χ3v) is 5.01. The molecule has 2 aromatic heterocycles. The zero-order valence-corrected chi connectivity index (χ0v) is 14.7. The van der Waals surface area contributed by atoms with Gasteiger partial charge in [0.2, 0.25) is 0 Å². The lowest BCUT2D eigenvalue weighted by Gasteiger charge is -2.03. The first-order chi connectivity index (χ1) is 12.0. The van der Waals surface area contributed by atoms with Crippen molar-refractivity contribution in [2.24, 2.45) is 0 Å². The highest BCUT2D eigenvalue weighted by atomic mass is 32.1. The lowest BCUT2D eigenvalue weighted by Crippen LogP contribution is -2.24. The maximum atomic E-state index is 12.3. The number of nitrogens with zero attached hydrogens (tertiary/aromatic N) is 2. The molecule has 2 N–H and O–H groups in total. The second-order valence-corrected chi connectivity index (χ2v) is 6.84. The van der Waals surface area contributed by atoms with Crippen LogP contribution in [-0.4, -0.2) is 33.3 Å². The lowest BCUT2D eigenvalue weighted by atomic mass is 10.2. The number of carbonyl (C=O) groups is 2. The summed E-state index contributed by atoms with van der Waals surface area (Å²) in [5.41, 5.74) is 2.05. The fourth-order valence-corrected chi connectivity index (χ4v) is 3.69.